The third-order valence-corrected chi connectivity index (χ3v) is 5.19. The highest BCUT2D eigenvalue weighted by atomic mass is 32.1. The average molecular weight is 343 g/mol. The van der Waals surface area contributed by atoms with Crippen molar-refractivity contribution in [1.82, 2.24) is 4.90 Å². The van der Waals surface area contributed by atoms with Gasteiger partial charge in [0.25, 0.3) is 5.91 Å². The molecule has 23 heavy (non-hydrogen) atoms. The molecule has 0 fully saturated rings. The van der Waals surface area contributed by atoms with Crippen molar-refractivity contribution in [3.05, 3.63) is 80.7 Å². The van der Waals surface area contributed by atoms with Crippen molar-refractivity contribution < 1.29 is 9.90 Å². The third-order valence-electron chi connectivity index (χ3n) is 3.54. The Hall–Kier alpha value is -1.95. The van der Waals surface area contributed by atoms with Crippen LogP contribution in [0.3, 0.4) is 0 Å². The number of nitrogens with zero attached hydrogens (tertiary/aromatic N) is 1. The number of carbonyl (C=O) groups is 1. The summed E-state index contributed by atoms with van der Waals surface area (Å²) in [5.74, 6) is -0.0503. The maximum atomic E-state index is 12.7. The predicted octanol–water partition coefficient (Wildman–Crippen LogP) is 4.19. The highest BCUT2D eigenvalue weighted by molar-refractivity contribution is 7.10. The number of hydrogen-bond donors (Lipinski definition) is 1. The lowest BCUT2D eigenvalue weighted by Crippen LogP contribution is -2.34. The first-order chi connectivity index (χ1) is 11.2. The Morgan fingerprint density at radius 2 is 1.91 bits per heavy atom. The molecule has 1 aromatic carbocycles. The highest BCUT2D eigenvalue weighted by Gasteiger charge is 2.21. The zero-order chi connectivity index (χ0) is 16.1. The van der Waals surface area contributed by atoms with E-state index >= 15 is 0 Å². The van der Waals surface area contributed by atoms with Crippen molar-refractivity contribution in [3.63, 3.8) is 0 Å². The lowest BCUT2D eigenvalue weighted by molar-refractivity contribution is 0.0609. The number of amides is 1. The van der Waals surface area contributed by atoms with Gasteiger partial charge in [-0.05, 0) is 28.5 Å². The van der Waals surface area contributed by atoms with E-state index < -0.39 is 6.10 Å². The van der Waals surface area contributed by atoms with Gasteiger partial charge in [-0.3, -0.25) is 4.79 Å². The third kappa shape index (κ3) is 4.07. The van der Waals surface area contributed by atoms with Crippen LogP contribution < -0.4 is 0 Å². The Bertz CT molecular complexity index is 724. The van der Waals surface area contributed by atoms with Crippen LogP contribution in [0.1, 0.15) is 26.9 Å². The van der Waals surface area contributed by atoms with Crippen LogP contribution in [-0.2, 0) is 6.54 Å². The van der Waals surface area contributed by atoms with Gasteiger partial charge in [-0.25, -0.2) is 0 Å². The molecule has 3 nitrogen and oxygen atoms in total. The van der Waals surface area contributed by atoms with Gasteiger partial charge in [0.2, 0.25) is 0 Å². The normalized spacial score (nSPS) is 12.0. The number of rotatable bonds is 6. The molecule has 3 aromatic rings. The Morgan fingerprint density at radius 3 is 2.57 bits per heavy atom. The largest absolute Gasteiger partial charge is 0.386 e. The molecule has 0 spiro atoms. The summed E-state index contributed by atoms with van der Waals surface area (Å²) < 4.78 is 0. The zero-order valence-corrected chi connectivity index (χ0v) is 14.1. The summed E-state index contributed by atoms with van der Waals surface area (Å²) in [4.78, 5) is 15.3. The minimum absolute atomic E-state index is 0.0503. The average Bonchev–Trinajstić information content (AvgIpc) is 3.27. The van der Waals surface area contributed by atoms with Crippen molar-refractivity contribution in [2.75, 3.05) is 6.54 Å². The number of hydrogen-bond acceptors (Lipinski definition) is 4. The molecule has 1 atom stereocenters. The molecule has 0 aliphatic rings. The molecular formula is C18H17NO2S2. The molecule has 0 aliphatic heterocycles. The van der Waals surface area contributed by atoms with E-state index in [2.05, 4.69) is 0 Å². The summed E-state index contributed by atoms with van der Waals surface area (Å²) in [7, 11) is 0. The molecule has 1 amide bonds. The fraction of sp³-hybridized carbons (Fsp3) is 0.167. The Kier molecular flexibility index (Phi) is 5.23. The van der Waals surface area contributed by atoms with E-state index in [1.165, 1.54) is 22.7 Å². The Balaban J connectivity index is 1.79. The molecule has 3 rings (SSSR count). The summed E-state index contributed by atoms with van der Waals surface area (Å²) in [6.07, 6.45) is -0.665. The van der Waals surface area contributed by atoms with Crippen molar-refractivity contribution in [1.29, 1.82) is 0 Å². The van der Waals surface area contributed by atoms with Gasteiger partial charge in [-0.1, -0.05) is 36.4 Å². The van der Waals surface area contributed by atoms with Gasteiger partial charge in [0.05, 0.1) is 12.1 Å². The number of benzene rings is 1. The lowest BCUT2D eigenvalue weighted by atomic mass is 10.1. The Morgan fingerprint density at radius 1 is 1.09 bits per heavy atom. The molecule has 0 aliphatic carbocycles. The summed E-state index contributed by atoms with van der Waals surface area (Å²) in [5.41, 5.74) is 1.72. The molecule has 0 saturated heterocycles. The fourth-order valence-corrected chi connectivity index (χ4v) is 3.70. The van der Waals surface area contributed by atoms with Gasteiger partial charge >= 0.3 is 0 Å². The van der Waals surface area contributed by atoms with Crippen molar-refractivity contribution in [2.24, 2.45) is 0 Å². The van der Waals surface area contributed by atoms with Gasteiger partial charge in [0, 0.05) is 16.8 Å². The minimum atomic E-state index is -0.665. The molecule has 0 radical (unpaired) electrons. The zero-order valence-electron chi connectivity index (χ0n) is 12.5. The lowest BCUT2D eigenvalue weighted by Gasteiger charge is -2.25. The fourth-order valence-electron chi connectivity index (χ4n) is 2.37. The van der Waals surface area contributed by atoms with Gasteiger partial charge in [-0.2, -0.15) is 11.3 Å². The van der Waals surface area contributed by atoms with E-state index in [-0.39, 0.29) is 12.5 Å². The van der Waals surface area contributed by atoms with E-state index in [1.54, 1.807) is 4.90 Å². The molecule has 2 heterocycles. The van der Waals surface area contributed by atoms with Crippen molar-refractivity contribution in [2.45, 2.75) is 12.6 Å². The maximum absolute atomic E-state index is 12.7. The van der Waals surface area contributed by atoms with E-state index in [9.17, 15) is 9.90 Å². The van der Waals surface area contributed by atoms with Gasteiger partial charge in [0.1, 0.15) is 6.10 Å². The van der Waals surface area contributed by atoms with E-state index in [0.717, 1.165) is 10.4 Å². The standard InChI is InChI=1S/C18H17NO2S2/c20-16(17-7-4-9-23-17)12-19(11-14-5-2-1-3-6-14)18(21)15-8-10-22-13-15/h1-10,13,16,20H,11-12H2. The van der Waals surface area contributed by atoms with Crippen LogP contribution >= 0.6 is 22.7 Å². The summed E-state index contributed by atoms with van der Waals surface area (Å²) in [5, 5.41) is 16.1. The molecule has 1 N–H and O–H groups in total. The quantitative estimate of drug-likeness (QED) is 0.729. The second-order valence-electron chi connectivity index (χ2n) is 5.21. The molecule has 5 heteroatoms. The van der Waals surface area contributed by atoms with Crippen LogP contribution in [0.5, 0.6) is 0 Å². The van der Waals surface area contributed by atoms with Crippen LogP contribution in [-0.4, -0.2) is 22.5 Å². The number of carbonyl (C=O) groups excluding carboxylic acids is 1. The Labute approximate surface area is 143 Å². The van der Waals surface area contributed by atoms with Crippen LogP contribution in [0.15, 0.2) is 64.7 Å². The second kappa shape index (κ2) is 7.55. The van der Waals surface area contributed by atoms with Gasteiger partial charge in [-0.15, -0.1) is 11.3 Å². The van der Waals surface area contributed by atoms with Gasteiger partial charge < -0.3 is 10.0 Å². The maximum Gasteiger partial charge on any atom is 0.255 e. The van der Waals surface area contributed by atoms with Crippen LogP contribution in [0.4, 0.5) is 0 Å². The van der Waals surface area contributed by atoms with Crippen LogP contribution in [0.25, 0.3) is 0 Å². The number of thiophene rings is 2. The topological polar surface area (TPSA) is 40.5 Å². The van der Waals surface area contributed by atoms with Crippen molar-refractivity contribution in [3.8, 4) is 0 Å². The highest BCUT2D eigenvalue weighted by Crippen LogP contribution is 2.22. The second-order valence-corrected chi connectivity index (χ2v) is 6.97. The minimum Gasteiger partial charge on any atom is -0.386 e. The number of aliphatic hydroxyl groups is 1. The summed E-state index contributed by atoms with van der Waals surface area (Å²) >= 11 is 3.00. The summed E-state index contributed by atoms with van der Waals surface area (Å²) in [6.45, 7) is 0.766. The predicted molar refractivity (Wildman–Crippen MR) is 94.8 cm³/mol. The SMILES string of the molecule is O=C(c1ccsc1)N(Cc1ccccc1)CC(O)c1cccs1. The molecular weight excluding hydrogens is 326 g/mol. The van der Waals surface area contributed by atoms with Crippen LogP contribution in [0, 0.1) is 0 Å². The molecule has 0 bridgehead atoms. The molecule has 2 aromatic heterocycles. The number of aliphatic hydroxyl groups excluding tert-OH is 1. The first-order valence-electron chi connectivity index (χ1n) is 7.31. The van der Waals surface area contributed by atoms with Crippen LogP contribution in [0.2, 0.25) is 0 Å². The molecule has 1 unspecified atom stereocenters. The van der Waals surface area contributed by atoms with E-state index in [0.29, 0.717) is 12.1 Å². The van der Waals surface area contributed by atoms with E-state index in [4.69, 9.17) is 0 Å². The van der Waals surface area contributed by atoms with Gasteiger partial charge in [0.15, 0.2) is 0 Å². The van der Waals surface area contributed by atoms with Crippen molar-refractivity contribution >= 4 is 28.6 Å². The smallest absolute Gasteiger partial charge is 0.255 e. The molecule has 118 valence electrons. The van der Waals surface area contributed by atoms with E-state index in [1.807, 2.05) is 64.7 Å². The molecule has 0 saturated carbocycles. The summed E-state index contributed by atoms with van der Waals surface area (Å²) in [6, 6.07) is 15.5. The first kappa shape index (κ1) is 15.9. The monoisotopic (exact) mass is 343 g/mol. The first-order valence-corrected chi connectivity index (χ1v) is 9.13.